The molecule has 2 aromatic heterocycles. The van der Waals surface area contributed by atoms with Crippen molar-refractivity contribution < 1.29 is 27.9 Å². The van der Waals surface area contributed by atoms with Crippen LogP contribution in [0, 0.1) is 11.6 Å². The maximum absolute atomic E-state index is 14.5. The molecular formula is C26H25F2N3O4. The fourth-order valence-electron chi connectivity index (χ4n) is 5.55. The molecule has 3 aromatic rings. The lowest BCUT2D eigenvalue weighted by molar-refractivity contribution is 0.0146. The third-order valence-electron chi connectivity index (χ3n) is 7.38. The van der Waals surface area contributed by atoms with Gasteiger partial charge in [-0.25, -0.2) is 18.6 Å². The second-order valence-electron chi connectivity index (χ2n) is 9.65. The number of ether oxygens (including phenoxy) is 1. The van der Waals surface area contributed by atoms with E-state index in [1.807, 2.05) is 0 Å². The lowest BCUT2D eigenvalue weighted by Crippen LogP contribution is -2.46. The molecule has 1 aliphatic carbocycles. The molecule has 1 aromatic carbocycles. The van der Waals surface area contributed by atoms with E-state index in [-0.39, 0.29) is 47.5 Å². The lowest BCUT2D eigenvalue weighted by atomic mass is 9.99. The van der Waals surface area contributed by atoms with Crippen molar-refractivity contribution in [1.82, 2.24) is 10.1 Å². The SMILES string of the molecule is O=C(O)c1ccc(N2[C@@H]3CC[C@H]2CC(OCc2c(-c4c(F)cccc4F)noc2C2CC2)C3)nc1. The summed E-state index contributed by atoms with van der Waals surface area (Å²) < 4.78 is 40.9. The zero-order valence-electron chi connectivity index (χ0n) is 19.0. The predicted molar refractivity (Wildman–Crippen MR) is 122 cm³/mol. The molecule has 3 aliphatic rings. The first kappa shape index (κ1) is 22.2. The fraction of sp³-hybridized carbons (Fsp3) is 0.423. The molecule has 1 N–H and O–H groups in total. The molecule has 182 valence electrons. The number of piperidine rings is 1. The Labute approximate surface area is 200 Å². The lowest BCUT2D eigenvalue weighted by Gasteiger charge is -2.39. The van der Waals surface area contributed by atoms with Gasteiger partial charge in [0.05, 0.1) is 23.8 Å². The summed E-state index contributed by atoms with van der Waals surface area (Å²) >= 11 is 0. The van der Waals surface area contributed by atoms with Crippen molar-refractivity contribution in [2.45, 2.75) is 69.2 Å². The molecule has 2 saturated heterocycles. The van der Waals surface area contributed by atoms with Crippen molar-refractivity contribution >= 4 is 11.8 Å². The average molecular weight is 481 g/mol. The number of halogens is 2. The molecule has 1 unspecified atom stereocenters. The normalized spacial score (nSPS) is 23.6. The number of rotatable bonds is 7. The van der Waals surface area contributed by atoms with Crippen LogP contribution in [0.2, 0.25) is 0 Å². The van der Waals surface area contributed by atoms with E-state index in [1.54, 1.807) is 12.1 Å². The van der Waals surface area contributed by atoms with Gasteiger partial charge in [-0.05, 0) is 62.8 Å². The van der Waals surface area contributed by atoms with Gasteiger partial charge in [0.1, 0.15) is 28.9 Å². The third-order valence-corrected chi connectivity index (χ3v) is 7.38. The summed E-state index contributed by atoms with van der Waals surface area (Å²) in [6, 6.07) is 7.62. The molecule has 2 aliphatic heterocycles. The maximum Gasteiger partial charge on any atom is 0.337 e. The molecule has 1 saturated carbocycles. The minimum Gasteiger partial charge on any atom is -0.478 e. The fourth-order valence-corrected chi connectivity index (χ4v) is 5.55. The Hall–Kier alpha value is -3.33. The van der Waals surface area contributed by atoms with Crippen LogP contribution in [0.15, 0.2) is 41.1 Å². The number of benzene rings is 1. The van der Waals surface area contributed by atoms with E-state index >= 15 is 0 Å². The van der Waals surface area contributed by atoms with E-state index in [0.29, 0.717) is 11.3 Å². The summed E-state index contributed by atoms with van der Waals surface area (Å²) in [6.45, 7) is 0.189. The van der Waals surface area contributed by atoms with Crippen molar-refractivity contribution in [3.63, 3.8) is 0 Å². The van der Waals surface area contributed by atoms with Crippen molar-refractivity contribution in [3.8, 4) is 11.3 Å². The summed E-state index contributed by atoms with van der Waals surface area (Å²) in [5.41, 5.74) is 0.817. The average Bonchev–Trinajstić information content (AvgIpc) is 3.55. The molecule has 35 heavy (non-hydrogen) atoms. The first-order chi connectivity index (χ1) is 17.0. The molecule has 3 atom stereocenters. The van der Waals surface area contributed by atoms with Gasteiger partial charge >= 0.3 is 5.97 Å². The third kappa shape index (κ3) is 4.07. The van der Waals surface area contributed by atoms with Crippen LogP contribution in [0.5, 0.6) is 0 Å². The Morgan fingerprint density at radius 3 is 2.40 bits per heavy atom. The predicted octanol–water partition coefficient (Wildman–Crippen LogP) is 5.31. The highest BCUT2D eigenvalue weighted by molar-refractivity contribution is 5.87. The highest BCUT2D eigenvalue weighted by atomic mass is 19.1. The van der Waals surface area contributed by atoms with Crippen LogP contribution < -0.4 is 4.90 Å². The minimum atomic E-state index is -0.993. The van der Waals surface area contributed by atoms with Crippen LogP contribution in [0.25, 0.3) is 11.3 Å². The number of nitrogens with zero attached hydrogens (tertiary/aromatic N) is 3. The van der Waals surface area contributed by atoms with Crippen molar-refractivity contribution in [2.75, 3.05) is 4.90 Å². The molecule has 6 rings (SSSR count). The van der Waals surface area contributed by atoms with Crippen LogP contribution >= 0.6 is 0 Å². The highest BCUT2D eigenvalue weighted by Crippen LogP contribution is 2.45. The molecule has 0 radical (unpaired) electrons. The molecule has 4 heterocycles. The van der Waals surface area contributed by atoms with Gasteiger partial charge < -0.3 is 19.3 Å². The number of anilines is 1. The standard InChI is InChI=1S/C26H25F2N3O4/c27-20-2-1-3-21(28)23(20)24-19(25(35-30-24)14-4-5-14)13-34-18-10-16-7-8-17(11-18)31(16)22-9-6-15(12-29-22)26(32)33/h1-3,6,9,12,14,16-18H,4-5,7-8,10-11,13H2,(H,32,33)/t16-,17+,18?. The molecule has 9 heteroatoms. The van der Waals surface area contributed by atoms with Crippen LogP contribution in [-0.2, 0) is 11.3 Å². The van der Waals surface area contributed by atoms with Gasteiger partial charge in [0.25, 0.3) is 0 Å². The van der Waals surface area contributed by atoms with Crippen LogP contribution in [0.1, 0.15) is 66.1 Å². The Balaban J connectivity index is 1.19. The van der Waals surface area contributed by atoms with Crippen molar-refractivity contribution in [3.05, 3.63) is 65.1 Å². The van der Waals surface area contributed by atoms with E-state index in [0.717, 1.165) is 44.3 Å². The maximum atomic E-state index is 14.5. The summed E-state index contributed by atoms with van der Waals surface area (Å²) in [5, 5.41) is 13.2. The van der Waals surface area contributed by atoms with Crippen molar-refractivity contribution in [1.29, 1.82) is 0 Å². The Bertz CT molecular complexity index is 1220. The van der Waals surface area contributed by atoms with Gasteiger partial charge in [-0.1, -0.05) is 11.2 Å². The Kier molecular flexibility index (Phi) is 5.51. The molecule has 0 spiro atoms. The van der Waals surface area contributed by atoms with Crippen LogP contribution in [0.4, 0.5) is 14.6 Å². The first-order valence-corrected chi connectivity index (χ1v) is 12.0. The quantitative estimate of drug-likeness (QED) is 0.489. The minimum absolute atomic E-state index is 0.0117. The van der Waals surface area contributed by atoms with Crippen LogP contribution in [-0.4, -0.2) is 39.4 Å². The number of aromatic nitrogens is 2. The topological polar surface area (TPSA) is 88.7 Å². The molecule has 3 fully saturated rings. The van der Waals surface area contributed by atoms with Gasteiger partial charge in [-0.3, -0.25) is 0 Å². The largest absolute Gasteiger partial charge is 0.478 e. The van der Waals surface area contributed by atoms with Gasteiger partial charge in [0.15, 0.2) is 0 Å². The second-order valence-corrected chi connectivity index (χ2v) is 9.65. The number of carboxylic acid groups (broad SMARTS) is 1. The van der Waals surface area contributed by atoms with Gasteiger partial charge in [-0.2, -0.15) is 0 Å². The number of carbonyl (C=O) groups is 1. The summed E-state index contributed by atoms with van der Waals surface area (Å²) in [5.74, 6) is -0.654. The number of hydrogen-bond acceptors (Lipinski definition) is 6. The van der Waals surface area contributed by atoms with E-state index in [4.69, 9.17) is 14.4 Å². The summed E-state index contributed by atoms with van der Waals surface area (Å²) in [6.07, 6.45) is 6.95. The molecule has 0 amide bonds. The van der Waals surface area contributed by atoms with E-state index < -0.39 is 17.6 Å². The monoisotopic (exact) mass is 481 g/mol. The van der Waals surface area contributed by atoms with Crippen LogP contribution in [0.3, 0.4) is 0 Å². The molecule has 2 bridgehead atoms. The molecule has 7 nitrogen and oxygen atoms in total. The number of aromatic carboxylic acids is 1. The first-order valence-electron chi connectivity index (χ1n) is 12.0. The number of fused-ring (bicyclic) bond motifs is 2. The van der Waals surface area contributed by atoms with Gasteiger partial charge in [0, 0.05) is 29.8 Å². The van der Waals surface area contributed by atoms with E-state index in [9.17, 15) is 13.6 Å². The zero-order chi connectivity index (χ0) is 24.1. The second kappa shape index (κ2) is 8.71. The molecular weight excluding hydrogens is 456 g/mol. The smallest absolute Gasteiger partial charge is 0.337 e. The van der Waals surface area contributed by atoms with Gasteiger partial charge in [-0.15, -0.1) is 0 Å². The number of carboxylic acids is 1. The Morgan fingerprint density at radius 2 is 1.80 bits per heavy atom. The van der Waals surface area contributed by atoms with E-state index in [1.165, 1.54) is 24.4 Å². The number of hydrogen-bond donors (Lipinski definition) is 1. The summed E-state index contributed by atoms with van der Waals surface area (Å²) in [7, 11) is 0. The van der Waals surface area contributed by atoms with Gasteiger partial charge in [0.2, 0.25) is 0 Å². The number of pyridine rings is 1. The highest BCUT2D eigenvalue weighted by Gasteiger charge is 2.42. The summed E-state index contributed by atoms with van der Waals surface area (Å²) in [4.78, 5) is 17.8. The Morgan fingerprint density at radius 1 is 1.09 bits per heavy atom. The zero-order valence-corrected chi connectivity index (χ0v) is 19.0. The van der Waals surface area contributed by atoms with E-state index in [2.05, 4.69) is 15.0 Å². The van der Waals surface area contributed by atoms with Crippen molar-refractivity contribution in [2.24, 2.45) is 0 Å².